The predicted molar refractivity (Wildman–Crippen MR) is 384 cm³/mol. The molecule has 120 heavy (non-hydrogen) atoms. The van der Waals surface area contributed by atoms with Crippen molar-refractivity contribution >= 4 is 54.0 Å². The van der Waals surface area contributed by atoms with Crippen LogP contribution < -0.4 is 9.47 Å². The number of nitrogens with zero attached hydrogens (tertiary/aromatic N) is 19. The van der Waals surface area contributed by atoms with Crippen molar-refractivity contribution in [2.75, 3.05) is 61.0 Å². The molecule has 10 heterocycles. The number of hydrogen-bond donors (Lipinski definition) is 5. The Labute approximate surface area is 670 Å². The van der Waals surface area contributed by atoms with Gasteiger partial charge in [-0.15, -0.1) is 0 Å². The number of rotatable bonds is 21. The van der Waals surface area contributed by atoms with Gasteiger partial charge in [-0.05, 0) is 97.7 Å². The van der Waals surface area contributed by atoms with Crippen LogP contribution in [-0.2, 0) is 67.2 Å². The minimum atomic E-state index is -5.08. The van der Waals surface area contributed by atoms with E-state index in [1.165, 1.54) is 18.5 Å². The summed E-state index contributed by atoms with van der Waals surface area (Å²) < 4.78 is 231. The quantitative estimate of drug-likeness (QED) is 0.0253. The average molecular weight is 1750 g/mol. The van der Waals surface area contributed by atoms with Crippen molar-refractivity contribution in [3.8, 4) is 46.4 Å². The van der Waals surface area contributed by atoms with Gasteiger partial charge in [-0.3, -0.25) is 19.2 Å². The fourth-order valence-corrected chi connectivity index (χ4v) is 13.6. The van der Waals surface area contributed by atoms with Gasteiger partial charge in [0.2, 0.25) is 23.4 Å². The fraction of sp³-hybridized carbons (Fsp3) is 0.543. The minimum Gasteiger partial charge on any atom is -0.475 e. The molecule has 2 aliphatic heterocycles. The maximum atomic E-state index is 13.5. The molecule has 12 rings (SSSR count). The third-order valence-electron chi connectivity index (χ3n) is 18.5. The minimum absolute atomic E-state index is 0.0373. The third-order valence-corrected chi connectivity index (χ3v) is 20.2. The molecule has 8 aromatic rings. The van der Waals surface area contributed by atoms with Crippen molar-refractivity contribution in [3.05, 3.63) is 97.1 Å². The molecule has 50 heteroatoms. The van der Waals surface area contributed by atoms with Crippen molar-refractivity contribution in [1.29, 1.82) is 10.5 Å². The number of aromatic amines is 1. The number of nitrogens with one attached hydrogen (secondary N) is 1. The molecule has 0 radical (unpaired) electrons. The lowest BCUT2D eigenvalue weighted by Gasteiger charge is -2.53. The van der Waals surface area contributed by atoms with Gasteiger partial charge < -0.3 is 54.0 Å². The molecule has 2 saturated carbocycles. The van der Waals surface area contributed by atoms with Gasteiger partial charge >= 0.3 is 60.9 Å². The van der Waals surface area contributed by atoms with Gasteiger partial charge in [0.1, 0.15) is 54.0 Å². The highest BCUT2D eigenvalue weighted by molar-refractivity contribution is 6.76. The Morgan fingerprint density at radius 2 is 0.925 bits per heavy atom. The second-order valence-electron chi connectivity index (χ2n) is 29.7. The fourth-order valence-electron chi connectivity index (χ4n) is 12.8. The Morgan fingerprint density at radius 1 is 0.550 bits per heavy atom. The predicted octanol–water partition coefficient (Wildman–Crippen LogP) is 12.3. The standard InChI is InChI=1S/C34H45F3N10O2Si.C28H31F3N10O.4C2HF3O2/c1-44(2)19-25-16-29(43-32(42-25)34(35,36)37)49-27-8-6-26(7-9-27)46-20-33(21-46,11-12-38)47-18-24(17-41-47)30-28-10-13-45(31(28)40-22-39-30)23-48-14-15-50(3,4)5;1-39(2)14-19-11-23(38-26(37-19)28(29,30)31)42-21-5-3-20(4-6-21)40-15-27(16-40,8-9-32)41-13-18(12-36-41)24-22-7-10-33-25(22)35-17-34-24;4*3-2(4,5)1(6)7/h10,13,16-18,22,26-27H,6-9,11,14-15,19-21,23H2,1-5H3;7,10-13,17,20-21H,3-6,8,14-16H2,1-2H3,(H,33,34,35);4*(H,6,7)/t26-,27+;20-,21+;;;;. The lowest BCUT2D eigenvalue weighted by molar-refractivity contribution is -0.193. The Morgan fingerprint density at radius 3 is 1.27 bits per heavy atom. The Balaban J connectivity index is 0.000000252. The monoisotopic (exact) mass is 1750 g/mol. The summed E-state index contributed by atoms with van der Waals surface area (Å²) >= 11 is 0. The highest BCUT2D eigenvalue weighted by Crippen LogP contribution is 2.42. The summed E-state index contributed by atoms with van der Waals surface area (Å²) in [5, 5.41) is 59.1. The normalized spacial score (nSPS) is 18.2. The number of aliphatic carboxylic acids is 4. The van der Waals surface area contributed by atoms with E-state index in [1.807, 2.05) is 50.9 Å². The number of ether oxygens (including phenoxy) is 3. The van der Waals surface area contributed by atoms with E-state index in [4.69, 9.17) is 58.9 Å². The lowest BCUT2D eigenvalue weighted by atomic mass is 9.82. The molecule has 0 unspecified atom stereocenters. The molecular formula is C70H80F18N20O11Si. The van der Waals surface area contributed by atoms with Gasteiger partial charge in [-0.1, -0.05) is 19.6 Å². The zero-order chi connectivity index (χ0) is 89.5. The van der Waals surface area contributed by atoms with Crippen molar-refractivity contribution < 1.29 is 133 Å². The third kappa shape index (κ3) is 27.3. The first kappa shape index (κ1) is 96.2. The number of nitriles is 2. The van der Waals surface area contributed by atoms with Crippen molar-refractivity contribution in [2.24, 2.45) is 0 Å². The Bertz CT molecular complexity index is 4750. The van der Waals surface area contributed by atoms with Crippen LogP contribution in [0.5, 0.6) is 11.8 Å². The highest BCUT2D eigenvalue weighted by Gasteiger charge is 2.51. The molecule has 2 saturated heterocycles. The number of alkyl halides is 18. The zero-order valence-electron chi connectivity index (χ0n) is 64.6. The molecule has 31 nitrogen and oxygen atoms in total. The molecule has 0 bridgehead atoms. The summed E-state index contributed by atoms with van der Waals surface area (Å²) in [7, 11) is 5.89. The van der Waals surface area contributed by atoms with Crippen molar-refractivity contribution in [1.82, 2.24) is 88.6 Å². The number of H-pyrrole nitrogens is 1. The van der Waals surface area contributed by atoms with E-state index in [0.29, 0.717) is 77.5 Å². The number of aromatic nitrogens is 14. The average Bonchev–Trinajstić information content (AvgIpc) is 1.43. The number of carboxylic acids is 4. The Kier molecular flexibility index (Phi) is 31.6. The molecule has 8 aromatic heterocycles. The summed E-state index contributed by atoms with van der Waals surface area (Å²) in [4.78, 5) is 79.5. The molecule has 0 amide bonds. The molecule has 5 N–H and O–H groups in total. The van der Waals surface area contributed by atoms with Gasteiger partial charge in [0, 0.05) is 125 Å². The van der Waals surface area contributed by atoms with Gasteiger partial charge in [-0.25, -0.2) is 49.1 Å². The maximum absolute atomic E-state index is 13.5. The van der Waals surface area contributed by atoms with E-state index >= 15 is 0 Å². The molecule has 4 fully saturated rings. The van der Waals surface area contributed by atoms with Crippen LogP contribution in [-0.4, -0.2) is 251 Å². The number of carboxylic acid groups (broad SMARTS) is 4. The molecule has 656 valence electrons. The summed E-state index contributed by atoms with van der Waals surface area (Å²) in [6.07, 6.45) is -8.93. The van der Waals surface area contributed by atoms with Gasteiger partial charge in [0.15, 0.2) is 0 Å². The SMILES string of the molecule is CN(C)Cc1cc(O[C@H]2CC[C@@H](N3CC(CC#N)(n4cc(-c5ncnc6[nH]ccc56)cn4)C3)CC2)nc(C(F)(F)F)n1.CN(C)Cc1cc(O[C@H]2CC[C@@H](N3CC(CC#N)(n4cc(-c5ncnc6c5ccn6COCC[Si](C)(C)C)cn4)C3)CC2)nc(C(F)(F)F)n1.O=C(O)C(F)(F)F.O=C(O)C(F)(F)F.O=C(O)C(F)(F)F.O=C(O)C(F)(F)F. The van der Waals surface area contributed by atoms with Crippen LogP contribution in [0.15, 0.2) is 74.1 Å². The molecule has 0 atom stereocenters. The van der Waals surface area contributed by atoms with E-state index in [9.17, 15) is 89.6 Å². The van der Waals surface area contributed by atoms with Gasteiger partial charge in [0.05, 0.1) is 60.1 Å². The van der Waals surface area contributed by atoms with E-state index in [-0.39, 0.29) is 54.5 Å². The van der Waals surface area contributed by atoms with E-state index in [0.717, 1.165) is 82.9 Å². The smallest absolute Gasteiger partial charge is 0.475 e. The zero-order valence-corrected chi connectivity index (χ0v) is 65.6. The number of halogens is 18. The maximum Gasteiger partial charge on any atom is 0.490 e. The molecular weight excluding hydrogens is 1670 g/mol. The van der Waals surface area contributed by atoms with E-state index < -0.39 is 91.7 Å². The summed E-state index contributed by atoms with van der Waals surface area (Å²) in [5.41, 5.74) is 4.48. The van der Waals surface area contributed by atoms with Crippen LogP contribution in [0.3, 0.4) is 0 Å². The first-order chi connectivity index (χ1) is 55.6. The Hall–Kier alpha value is -11.0. The summed E-state index contributed by atoms with van der Waals surface area (Å²) in [6, 6.07) is 13.3. The summed E-state index contributed by atoms with van der Waals surface area (Å²) in [6.45, 7) is 11.4. The second-order valence-corrected chi connectivity index (χ2v) is 35.3. The van der Waals surface area contributed by atoms with Crippen LogP contribution in [0.1, 0.15) is 87.2 Å². The van der Waals surface area contributed by atoms with Gasteiger partial charge in [-0.2, -0.15) is 110 Å². The van der Waals surface area contributed by atoms with Crippen molar-refractivity contribution in [2.45, 2.75) is 182 Å². The molecule has 0 spiro atoms. The van der Waals surface area contributed by atoms with E-state index in [1.54, 1.807) is 56.7 Å². The van der Waals surface area contributed by atoms with Crippen LogP contribution in [0.25, 0.3) is 44.6 Å². The van der Waals surface area contributed by atoms with Gasteiger partial charge in [0.25, 0.3) is 0 Å². The number of carbonyl (C=O) groups is 4. The number of hydrogen-bond acceptors (Lipinski definition) is 23. The number of likely N-dealkylation sites (tertiary alicyclic amines) is 2. The first-order valence-corrected chi connectivity index (χ1v) is 39.6. The largest absolute Gasteiger partial charge is 0.490 e. The van der Waals surface area contributed by atoms with Crippen LogP contribution in [0.4, 0.5) is 79.0 Å². The molecule has 4 aliphatic rings. The van der Waals surface area contributed by atoms with Crippen LogP contribution in [0.2, 0.25) is 25.7 Å². The topological polar surface area (TPSA) is 397 Å². The van der Waals surface area contributed by atoms with E-state index in [2.05, 4.69) is 91.5 Å². The first-order valence-electron chi connectivity index (χ1n) is 35.9. The lowest BCUT2D eigenvalue weighted by Crippen LogP contribution is -2.65. The van der Waals surface area contributed by atoms with Crippen molar-refractivity contribution in [3.63, 3.8) is 0 Å². The second kappa shape index (κ2) is 39.5. The number of fused-ring (bicyclic) bond motifs is 2. The molecule has 0 aromatic carbocycles. The highest BCUT2D eigenvalue weighted by atomic mass is 28.3. The van der Waals surface area contributed by atoms with Crippen LogP contribution >= 0.6 is 0 Å². The van der Waals surface area contributed by atoms with Crippen LogP contribution in [0, 0.1) is 22.7 Å². The molecule has 2 aliphatic carbocycles. The summed E-state index contributed by atoms with van der Waals surface area (Å²) in [5.74, 6) is -13.5.